The molecule has 0 saturated carbocycles. The van der Waals surface area contributed by atoms with Crippen molar-refractivity contribution in [3.8, 4) is 0 Å². The Kier molecular flexibility index (Phi) is 70.4. The summed E-state index contributed by atoms with van der Waals surface area (Å²) in [6, 6.07) is -0.626. The molecule has 0 heterocycles. The van der Waals surface area contributed by atoms with Gasteiger partial charge in [0, 0.05) is 12.8 Å². The molecule has 2 unspecified atom stereocenters. The lowest BCUT2D eigenvalue weighted by Gasteiger charge is -2.20. The third kappa shape index (κ3) is 67.5. The van der Waals surface area contributed by atoms with Gasteiger partial charge in [0.1, 0.15) is 0 Å². The van der Waals surface area contributed by atoms with E-state index in [2.05, 4.69) is 31.3 Å². The minimum Gasteiger partial charge on any atom is -0.466 e. The van der Waals surface area contributed by atoms with E-state index in [4.69, 9.17) is 4.74 Å². The van der Waals surface area contributed by atoms with Crippen molar-refractivity contribution in [3.05, 3.63) is 24.3 Å². The minimum atomic E-state index is -0.843. The lowest BCUT2D eigenvalue weighted by atomic mass is 10.0. The summed E-state index contributed by atoms with van der Waals surface area (Å²) < 4.78 is 5.48. The molecule has 0 fully saturated rings. The molecule has 0 aliphatic carbocycles. The molecule has 0 rings (SSSR count). The van der Waals surface area contributed by atoms with Crippen LogP contribution >= 0.6 is 0 Å². The standard InChI is InChI=1S/C76H147NO5/c1-3-5-7-9-11-13-15-17-18-19-20-21-29-32-35-38-41-45-48-52-56-60-64-68-74(79)73(72-78)77-75(80)69-65-61-57-53-49-46-42-39-36-33-30-27-25-23-22-24-26-28-31-34-37-40-43-47-51-55-59-63-67-71-82-76(81)70-66-62-58-54-50-44-16-14-12-10-8-6-4-2/h14,16,64,68,73-74,78-79H,3-13,15,17-63,65-67,69-72H2,1-2H3,(H,77,80)/b16-14-,68-64+. The van der Waals surface area contributed by atoms with E-state index in [9.17, 15) is 19.8 Å². The highest BCUT2D eigenvalue weighted by Gasteiger charge is 2.18. The Bertz CT molecular complexity index is 1280. The van der Waals surface area contributed by atoms with Gasteiger partial charge in [0.25, 0.3) is 0 Å². The van der Waals surface area contributed by atoms with E-state index in [1.807, 2.05) is 6.08 Å². The molecule has 0 aliphatic rings. The van der Waals surface area contributed by atoms with Gasteiger partial charge >= 0.3 is 5.97 Å². The van der Waals surface area contributed by atoms with Gasteiger partial charge in [0.05, 0.1) is 25.4 Å². The fourth-order valence-corrected chi connectivity index (χ4v) is 12.0. The lowest BCUT2D eigenvalue weighted by molar-refractivity contribution is -0.143. The number of hydrogen-bond acceptors (Lipinski definition) is 5. The fraction of sp³-hybridized carbons (Fsp3) is 0.921. The van der Waals surface area contributed by atoms with Crippen LogP contribution < -0.4 is 5.32 Å². The zero-order valence-corrected chi connectivity index (χ0v) is 55.8. The maximum Gasteiger partial charge on any atom is 0.305 e. The van der Waals surface area contributed by atoms with Gasteiger partial charge in [-0.3, -0.25) is 9.59 Å². The van der Waals surface area contributed by atoms with Crippen LogP contribution in [-0.2, 0) is 14.3 Å². The van der Waals surface area contributed by atoms with Gasteiger partial charge < -0.3 is 20.3 Å². The van der Waals surface area contributed by atoms with E-state index in [0.717, 1.165) is 44.9 Å². The monoisotopic (exact) mass is 1150 g/mol. The summed E-state index contributed by atoms with van der Waals surface area (Å²) in [5.41, 5.74) is 0. The predicted molar refractivity (Wildman–Crippen MR) is 361 cm³/mol. The summed E-state index contributed by atoms with van der Waals surface area (Å²) in [6.07, 6.45) is 91.4. The normalized spacial score (nSPS) is 12.6. The van der Waals surface area contributed by atoms with Crippen molar-refractivity contribution in [3.63, 3.8) is 0 Å². The quantitative estimate of drug-likeness (QED) is 0.0320. The Morgan fingerprint density at radius 2 is 0.573 bits per heavy atom. The average Bonchev–Trinajstić information content (AvgIpc) is 3.48. The SMILES string of the molecule is CCCCCC/C=C\CCCCCCCC(=O)OCCCCCCCCCCCCCCCCCCCCCCCCCCCCCCCC(=O)NC(CO)C(O)/C=C/CCCCCCCCCCCCCCCCCCCCCCC. The highest BCUT2D eigenvalue weighted by molar-refractivity contribution is 5.76. The van der Waals surface area contributed by atoms with E-state index in [0.29, 0.717) is 19.4 Å². The second-order valence-corrected chi connectivity index (χ2v) is 26.0. The first-order valence-corrected chi connectivity index (χ1v) is 37.6. The third-order valence-electron chi connectivity index (χ3n) is 17.7. The van der Waals surface area contributed by atoms with Crippen molar-refractivity contribution >= 4 is 11.9 Å². The van der Waals surface area contributed by atoms with Crippen LogP contribution in [-0.4, -0.2) is 47.4 Å². The molecule has 0 saturated heterocycles. The fourth-order valence-electron chi connectivity index (χ4n) is 12.0. The second-order valence-electron chi connectivity index (χ2n) is 26.0. The van der Waals surface area contributed by atoms with Crippen molar-refractivity contribution in [1.82, 2.24) is 5.32 Å². The Morgan fingerprint density at radius 3 is 0.878 bits per heavy atom. The third-order valence-corrected chi connectivity index (χ3v) is 17.7. The van der Waals surface area contributed by atoms with Crippen LogP contribution in [0.1, 0.15) is 425 Å². The van der Waals surface area contributed by atoms with Crippen LogP contribution in [0.4, 0.5) is 0 Å². The molecule has 0 radical (unpaired) electrons. The van der Waals surface area contributed by atoms with Crippen LogP contribution in [0, 0.1) is 0 Å². The van der Waals surface area contributed by atoms with E-state index < -0.39 is 12.1 Å². The molecule has 0 aromatic carbocycles. The highest BCUT2D eigenvalue weighted by atomic mass is 16.5. The first-order chi connectivity index (χ1) is 40.5. The molecule has 486 valence electrons. The molecule has 1 amide bonds. The number of amides is 1. The van der Waals surface area contributed by atoms with E-state index in [1.54, 1.807) is 6.08 Å². The molecule has 0 bridgehead atoms. The molecule has 3 N–H and O–H groups in total. The Morgan fingerprint density at radius 1 is 0.329 bits per heavy atom. The maximum absolute atomic E-state index is 12.5. The number of allylic oxidation sites excluding steroid dienone is 3. The van der Waals surface area contributed by atoms with Crippen LogP contribution in [0.2, 0.25) is 0 Å². The highest BCUT2D eigenvalue weighted by Crippen LogP contribution is 2.19. The molecule has 0 aliphatic heterocycles. The minimum absolute atomic E-state index is 0.0107. The molecular formula is C76H147NO5. The van der Waals surface area contributed by atoms with Crippen molar-refractivity contribution in [1.29, 1.82) is 0 Å². The number of aliphatic hydroxyl groups excluding tert-OH is 2. The largest absolute Gasteiger partial charge is 0.466 e. The Balaban J connectivity index is 3.37. The molecule has 82 heavy (non-hydrogen) atoms. The van der Waals surface area contributed by atoms with Gasteiger partial charge in [-0.1, -0.05) is 378 Å². The van der Waals surface area contributed by atoms with Crippen molar-refractivity contribution in [2.45, 2.75) is 437 Å². The van der Waals surface area contributed by atoms with Gasteiger partial charge in [-0.05, 0) is 57.8 Å². The summed E-state index contributed by atoms with van der Waals surface area (Å²) >= 11 is 0. The van der Waals surface area contributed by atoms with Crippen LogP contribution in [0.15, 0.2) is 24.3 Å². The van der Waals surface area contributed by atoms with Crippen LogP contribution in [0.5, 0.6) is 0 Å². The van der Waals surface area contributed by atoms with Crippen molar-refractivity contribution < 1.29 is 24.5 Å². The number of ether oxygens (including phenoxy) is 1. The molecule has 0 aromatic rings. The molecule has 6 nitrogen and oxygen atoms in total. The zero-order valence-electron chi connectivity index (χ0n) is 55.8. The predicted octanol–water partition coefficient (Wildman–Crippen LogP) is 24.5. The molecule has 2 atom stereocenters. The summed E-state index contributed by atoms with van der Waals surface area (Å²) in [5, 5.41) is 23.3. The summed E-state index contributed by atoms with van der Waals surface area (Å²) in [7, 11) is 0. The summed E-state index contributed by atoms with van der Waals surface area (Å²) in [4.78, 5) is 24.6. The van der Waals surface area contributed by atoms with Crippen LogP contribution in [0.25, 0.3) is 0 Å². The molecular weight excluding hydrogens is 1010 g/mol. The molecule has 0 spiro atoms. The van der Waals surface area contributed by atoms with Gasteiger partial charge in [-0.2, -0.15) is 0 Å². The number of nitrogens with one attached hydrogen (secondary N) is 1. The van der Waals surface area contributed by atoms with Crippen LogP contribution in [0.3, 0.4) is 0 Å². The van der Waals surface area contributed by atoms with Crippen molar-refractivity contribution in [2.75, 3.05) is 13.2 Å². The topological polar surface area (TPSA) is 95.9 Å². The number of carbonyl (C=O) groups is 2. The molecule has 6 heteroatoms. The zero-order chi connectivity index (χ0) is 59.2. The maximum atomic E-state index is 12.5. The first-order valence-electron chi connectivity index (χ1n) is 37.6. The number of rotatable bonds is 71. The molecule has 0 aromatic heterocycles. The Labute approximate surface area is 513 Å². The number of unbranched alkanes of at least 4 members (excludes halogenated alkanes) is 58. The lowest BCUT2D eigenvalue weighted by Crippen LogP contribution is -2.45. The second kappa shape index (κ2) is 71.8. The van der Waals surface area contributed by atoms with Gasteiger partial charge in [-0.25, -0.2) is 0 Å². The van der Waals surface area contributed by atoms with Gasteiger partial charge in [0.15, 0.2) is 0 Å². The summed E-state index contributed by atoms with van der Waals surface area (Å²) in [6.45, 7) is 4.93. The summed E-state index contributed by atoms with van der Waals surface area (Å²) in [5.74, 6) is -0.0489. The Hall–Kier alpha value is -1.66. The first kappa shape index (κ1) is 80.3. The van der Waals surface area contributed by atoms with E-state index >= 15 is 0 Å². The average molecular weight is 1160 g/mol. The number of hydrogen-bond donors (Lipinski definition) is 3. The number of carbonyl (C=O) groups excluding carboxylic acids is 2. The van der Waals surface area contributed by atoms with Crippen molar-refractivity contribution in [2.24, 2.45) is 0 Å². The smallest absolute Gasteiger partial charge is 0.305 e. The van der Waals surface area contributed by atoms with E-state index in [-0.39, 0.29) is 18.5 Å². The van der Waals surface area contributed by atoms with Gasteiger partial charge in [0.2, 0.25) is 5.91 Å². The number of aliphatic hydroxyl groups is 2. The van der Waals surface area contributed by atoms with Gasteiger partial charge in [-0.15, -0.1) is 0 Å². The number of esters is 1. The van der Waals surface area contributed by atoms with E-state index in [1.165, 1.54) is 353 Å².